The van der Waals surface area contributed by atoms with E-state index < -0.39 is 0 Å². The summed E-state index contributed by atoms with van der Waals surface area (Å²) in [7, 11) is 0. The lowest BCUT2D eigenvalue weighted by molar-refractivity contribution is -0.119. The monoisotopic (exact) mass is 224 g/mol. The van der Waals surface area contributed by atoms with Crippen LogP contribution in [-0.2, 0) is 4.79 Å². The van der Waals surface area contributed by atoms with E-state index in [1.807, 2.05) is 20.8 Å². The summed E-state index contributed by atoms with van der Waals surface area (Å²) in [4.78, 5) is 11.8. The van der Waals surface area contributed by atoms with E-state index in [1.165, 1.54) is 0 Å². The number of nitrogens with one attached hydrogen (secondary N) is 1. The summed E-state index contributed by atoms with van der Waals surface area (Å²) in [5.74, 6) is 0.565. The molecule has 1 rings (SSSR count). The third-order valence-electron chi connectivity index (χ3n) is 2.56. The van der Waals surface area contributed by atoms with Gasteiger partial charge < -0.3 is 11.1 Å². The van der Waals surface area contributed by atoms with Crippen LogP contribution in [0.4, 0.5) is 5.82 Å². The molecule has 3 N–H and O–H groups in total. The number of nitrogens with two attached hydrogens (primary N) is 1. The molecule has 0 radical (unpaired) electrons. The molecule has 5 heteroatoms. The van der Waals surface area contributed by atoms with Gasteiger partial charge in [0.05, 0.1) is 12.1 Å². The van der Waals surface area contributed by atoms with Crippen molar-refractivity contribution in [2.24, 2.45) is 11.7 Å². The van der Waals surface area contributed by atoms with Crippen LogP contribution < -0.4 is 11.1 Å². The van der Waals surface area contributed by atoms with Crippen molar-refractivity contribution in [1.29, 1.82) is 0 Å². The van der Waals surface area contributed by atoms with Gasteiger partial charge in [0, 0.05) is 18.7 Å². The highest BCUT2D eigenvalue weighted by atomic mass is 16.2. The van der Waals surface area contributed by atoms with Crippen LogP contribution in [0.25, 0.3) is 0 Å². The molecule has 0 aromatic carbocycles. The predicted molar refractivity (Wildman–Crippen MR) is 64.1 cm³/mol. The smallest absolute Gasteiger partial charge is 0.229 e. The summed E-state index contributed by atoms with van der Waals surface area (Å²) < 4.78 is 1.78. The molecule has 16 heavy (non-hydrogen) atoms. The molecule has 5 nitrogen and oxygen atoms in total. The van der Waals surface area contributed by atoms with E-state index >= 15 is 0 Å². The summed E-state index contributed by atoms with van der Waals surface area (Å²) in [6.45, 7) is 6.36. The zero-order valence-corrected chi connectivity index (χ0v) is 10.1. The molecule has 0 saturated heterocycles. The van der Waals surface area contributed by atoms with Gasteiger partial charge in [-0.3, -0.25) is 4.79 Å². The summed E-state index contributed by atoms with van der Waals surface area (Å²) in [5, 5.41) is 7.01. The maximum atomic E-state index is 11.8. The molecule has 1 atom stereocenters. The van der Waals surface area contributed by atoms with Crippen molar-refractivity contribution in [1.82, 2.24) is 9.78 Å². The van der Waals surface area contributed by atoms with Crippen LogP contribution in [0.1, 0.15) is 33.2 Å². The Hall–Kier alpha value is -1.36. The first-order valence-electron chi connectivity index (χ1n) is 5.64. The first-order valence-corrected chi connectivity index (χ1v) is 5.64. The zero-order chi connectivity index (χ0) is 12.1. The molecule has 0 aliphatic heterocycles. The number of aromatic nitrogens is 2. The van der Waals surface area contributed by atoms with Crippen LogP contribution in [0.15, 0.2) is 12.3 Å². The molecule has 1 aromatic rings. The van der Waals surface area contributed by atoms with Crippen LogP contribution in [0.5, 0.6) is 0 Å². The molecule has 0 aliphatic carbocycles. The maximum Gasteiger partial charge on any atom is 0.229 e. The SMILES string of the molecule is CCC(CN)C(=O)Nc1ccnn1C(C)C. The standard InChI is InChI=1S/C11H20N4O/c1-4-9(7-12)11(16)14-10-5-6-13-15(10)8(2)3/h5-6,8-9H,4,7,12H2,1-3H3,(H,14,16). The molecule has 1 heterocycles. The van der Waals surface area contributed by atoms with Crippen LogP contribution in [0, 0.1) is 5.92 Å². The van der Waals surface area contributed by atoms with Gasteiger partial charge in [-0.1, -0.05) is 6.92 Å². The average molecular weight is 224 g/mol. The van der Waals surface area contributed by atoms with Gasteiger partial charge in [0.2, 0.25) is 5.91 Å². The maximum absolute atomic E-state index is 11.8. The molecule has 1 aromatic heterocycles. The van der Waals surface area contributed by atoms with E-state index in [0.29, 0.717) is 6.54 Å². The number of carbonyl (C=O) groups excluding carboxylic acids is 1. The van der Waals surface area contributed by atoms with Gasteiger partial charge in [-0.25, -0.2) is 4.68 Å². The van der Waals surface area contributed by atoms with E-state index in [4.69, 9.17) is 5.73 Å². The second kappa shape index (κ2) is 5.65. The van der Waals surface area contributed by atoms with Crippen molar-refractivity contribution in [3.8, 4) is 0 Å². The zero-order valence-electron chi connectivity index (χ0n) is 10.1. The third-order valence-corrected chi connectivity index (χ3v) is 2.56. The molecule has 0 saturated carbocycles. The Labute approximate surface area is 96.0 Å². The Kier molecular flexibility index (Phi) is 4.49. The van der Waals surface area contributed by atoms with Crippen molar-refractivity contribution in [2.45, 2.75) is 33.2 Å². The summed E-state index contributed by atoms with van der Waals surface area (Å²) in [6.07, 6.45) is 2.43. The van der Waals surface area contributed by atoms with Crippen LogP contribution in [0.3, 0.4) is 0 Å². The lowest BCUT2D eigenvalue weighted by Crippen LogP contribution is -2.29. The van der Waals surface area contributed by atoms with E-state index in [2.05, 4.69) is 10.4 Å². The summed E-state index contributed by atoms with van der Waals surface area (Å²) in [5.41, 5.74) is 5.53. The van der Waals surface area contributed by atoms with Gasteiger partial charge in [0.15, 0.2) is 0 Å². The second-order valence-electron chi connectivity index (χ2n) is 4.08. The Bertz CT molecular complexity index is 342. The highest BCUT2D eigenvalue weighted by Crippen LogP contribution is 2.14. The van der Waals surface area contributed by atoms with E-state index in [9.17, 15) is 4.79 Å². The molecule has 0 aliphatic rings. The van der Waals surface area contributed by atoms with Crippen LogP contribution in [-0.4, -0.2) is 22.2 Å². The van der Waals surface area contributed by atoms with E-state index in [-0.39, 0.29) is 17.9 Å². The van der Waals surface area contributed by atoms with E-state index in [1.54, 1.807) is 16.9 Å². The lowest BCUT2D eigenvalue weighted by atomic mass is 10.1. The van der Waals surface area contributed by atoms with Crippen molar-refractivity contribution >= 4 is 11.7 Å². The minimum atomic E-state index is -0.129. The largest absolute Gasteiger partial charge is 0.330 e. The first kappa shape index (κ1) is 12.7. The molecule has 0 spiro atoms. The van der Waals surface area contributed by atoms with Crippen LogP contribution in [0.2, 0.25) is 0 Å². The number of amides is 1. The van der Waals surface area contributed by atoms with Crippen molar-refractivity contribution in [2.75, 3.05) is 11.9 Å². The number of rotatable bonds is 5. The first-order chi connectivity index (χ1) is 7.60. The molecule has 90 valence electrons. The fourth-order valence-electron chi connectivity index (χ4n) is 1.51. The topological polar surface area (TPSA) is 72.9 Å². The van der Waals surface area contributed by atoms with Crippen LogP contribution >= 0.6 is 0 Å². The van der Waals surface area contributed by atoms with Gasteiger partial charge in [-0.05, 0) is 20.3 Å². The van der Waals surface area contributed by atoms with Gasteiger partial charge in [0.1, 0.15) is 5.82 Å². The Morgan fingerprint density at radius 2 is 2.31 bits per heavy atom. The van der Waals surface area contributed by atoms with Gasteiger partial charge >= 0.3 is 0 Å². The van der Waals surface area contributed by atoms with Gasteiger partial charge in [-0.15, -0.1) is 0 Å². The molecular formula is C11H20N4O. The average Bonchev–Trinajstić information content (AvgIpc) is 2.67. The fourth-order valence-corrected chi connectivity index (χ4v) is 1.51. The quantitative estimate of drug-likeness (QED) is 0.793. The summed E-state index contributed by atoms with van der Waals surface area (Å²) in [6, 6.07) is 2.02. The second-order valence-corrected chi connectivity index (χ2v) is 4.08. The normalized spacial score (nSPS) is 12.8. The molecule has 0 bridgehead atoms. The number of hydrogen-bond donors (Lipinski definition) is 2. The molecular weight excluding hydrogens is 204 g/mol. The fraction of sp³-hybridized carbons (Fsp3) is 0.636. The van der Waals surface area contributed by atoms with E-state index in [0.717, 1.165) is 12.2 Å². The predicted octanol–water partition coefficient (Wildman–Crippen LogP) is 1.39. The number of nitrogens with zero attached hydrogens (tertiary/aromatic N) is 2. The minimum Gasteiger partial charge on any atom is -0.330 e. The van der Waals surface area contributed by atoms with Crippen molar-refractivity contribution in [3.63, 3.8) is 0 Å². The summed E-state index contributed by atoms with van der Waals surface area (Å²) >= 11 is 0. The highest BCUT2D eigenvalue weighted by molar-refractivity contribution is 5.91. The number of hydrogen-bond acceptors (Lipinski definition) is 3. The third kappa shape index (κ3) is 2.82. The molecule has 1 amide bonds. The Morgan fingerprint density at radius 1 is 1.62 bits per heavy atom. The minimum absolute atomic E-state index is 0.0348. The lowest BCUT2D eigenvalue weighted by Gasteiger charge is -2.15. The van der Waals surface area contributed by atoms with Crippen molar-refractivity contribution in [3.05, 3.63) is 12.3 Å². The van der Waals surface area contributed by atoms with Gasteiger partial charge in [-0.2, -0.15) is 5.10 Å². The highest BCUT2D eigenvalue weighted by Gasteiger charge is 2.16. The number of anilines is 1. The van der Waals surface area contributed by atoms with Gasteiger partial charge in [0.25, 0.3) is 0 Å². The number of carbonyl (C=O) groups is 1. The van der Waals surface area contributed by atoms with Crippen molar-refractivity contribution < 1.29 is 4.79 Å². The molecule has 1 unspecified atom stereocenters. The Balaban J connectivity index is 2.72. The Morgan fingerprint density at radius 3 is 2.81 bits per heavy atom. The molecule has 0 fully saturated rings.